The van der Waals surface area contributed by atoms with Crippen molar-refractivity contribution >= 4 is 29.9 Å². The summed E-state index contributed by atoms with van der Waals surface area (Å²) in [6, 6.07) is 5.19. The summed E-state index contributed by atoms with van der Waals surface area (Å²) < 4.78 is 5.62. The predicted octanol–water partition coefficient (Wildman–Crippen LogP) is 1.87. The van der Waals surface area contributed by atoms with Crippen molar-refractivity contribution in [3.05, 3.63) is 24.5 Å². The van der Waals surface area contributed by atoms with Crippen LogP contribution in [0.2, 0.25) is 0 Å². The molecule has 0 unspecified atom stereocenters. The first kappa shape index (κ1) is 19.2. The van der Waals surface area contributed by atoms with Gasteiger partial charge in [0.25, 0.3) is 0 Å². The lowest BCUT2D eigenvalue weighted by atomic mass is 10.1. The number of piperidine rings is 1. The van der Waals surface area contributed by atoms with E-state index >= 15 is 0 Å². The molecule has 2 heterocycles. The van der Waals surface area contributed by atoms with Crippen molar-refractivity contribution in [2.45, 2.75) is 37.8 Å². The maximum absolute atomic E-state index is 5.62. The van der Waals surface area contributed by atoms with Gasteiger partial charge < -0.3 is 20.3 Å². The van der Waals surface area contributed by atoms with E-state index in [4.69, 9.17) is 4.74 Å². The number of likely N-dealkylation sites (tertiary alicyclic amines) is 1. The van der Waals surface area contributed by atoms with Gasteiger partial charge in [-0.05, 0) is 37.8 Å². The third-order valence-electron chi connectivity index (χ3n) is 4.45. The summed E-state index contributed by atoms with van der Waals surface area (Å²) in [5.74, 6) is 1.66. The highest BCUT2D eigenvalue weighted by Gasteiger charge is 2.31. The van der Waals surface area contributed by atoms with Crippen LogP contribution in [-0.2, 0) is 0 Å². The van der Waals surface area contributed by atoms with Gasteiger partial charge in [0.15, 0.2) is 5.96 Å². The van der Waals surface area contributed by atoms with E-state index in [1.807, 2.05) is 19.2 Å². The fourth-order valence-electron chi connectivity index (χ4n) is 3.01. The summed E-state index contributed by atoms with van der Waals surface area (Å²) in [6.07, 6.45) is 8.66. The number of halogens is 1. The van der Waals surface area contributed by atoms with Gasteiger partial charge in [-0.3, -0.25) is 9.98 Å². The van der Waals surface area contributed by atoms with Crippen LogP contribution in [0.3, 0.4) is 0 Å². The third kappa shape index (κ3) is 6.08. The Balaban J connectivity index is 0.00000208. The molecular formula is C17H28IN5O. The van der Waals surface area contributed by atoms with Crippen LogP contribution in [0.5, 0.6) is 5.75 Å². The molecule has 3 rings (SSSR count). The van der Waals surface area contributed by atoms with Crippen LogP contribution in [0.1, 0.15) is 25.7 Å². The minimum absolute atomic E-state index is 0. The van der Waals surface area contributed by atoms with Gasteiger partial charge in [0.2, 0.25) is 0 Å². The number of guanidine groups is 1. The molecule has 1 saturated carbocycles. The molecule has 24 heavy (non-hydrogen) atoms. The summed E-state index contributed by atoms with van der Waals surface area (Å²) >= 11 is 0. The monoisotopic (exact) mass is 445 g/mol. The second-order valence-electron chi connectivity index (χ2n) is 6.22. The van der Waals surface area contributed by atoms with Gasteiger partial charge >= 0.3 is 0 Å². The number of hydrogen-bond donors (Lipinski definition) is 2. The largest absolute Gasteiger partial charge is 0.490 e. The Morgan fingerprint density at radius 1 is 1.33 bits per heavy atom. The summed E-state index contributed by atoms with van der Waals surface area (Å²) in [5.41, 5.74) is 0. The molecule has 1 saturated heterocycles. The first-order chi connectivity index (χ1) is 11.3. The Bertz CT molecular complexity index is 501. The van der Waals surface area contributed by atoms with Crippen LogP contribution < -0.4 is 15.4 Å². The summed E-state index contributed by atoms with van der Waals surface area (Å²) in [5, 5.41) is 6.84. The van der Waals surface area contributed by atoms with E-state index < -0.39 is 0 Å². The van der Waals surface area contributed by atoms with Crippen LogP contribution in [-0.4, -0.2) is 61.2 Å². The van der Waals surface area contributed by atoms with E-state index in [9.17, 15) is 0 Å². The summed E-state index contributed by atoms with van der Waals surface area (Å²) in [7, 11) is 1.82. The molecule has 0 amide bonds. The second-order valence-corrected chi connectivity index (χ2v) is 6.22. The van der Waals surface area contributed by atoms with E-state index in [0.29, 0.717) is 12.6 Å². The highest BCUT2D eigenvalue weighted by molar-refractivity contribution is 14.0. The SMILES string of the molecule is CN=C(NCCOc1cccnc1)NC1CCN(C2CC2)CC1.I. The van der Waals surface area contributed by atoms with Crippen molar-refractivity contribution in [2.24, 2.45) is 4.99 Å². The van der Waals surface area contributed by atoms with Crippen molar-refractivity contribution in [1.82, 2.24) is 20.5 Å². The zero-order chi connectivity index (χ0) is 15.9. The molecule has 1 aliphatic heterocycles. The zero-order valence-electron chi connectivity index (χ0n) is 14.3. The van der Waals surface area contributed by atoms with Gasteiger partial charge in [-0.15, -0.1) is 24.0 Å². The Morgan fingerprint density at radius 2 is 2.12 bits per heavy atom. The second kappa shape index (κ2) is 10.0. The number of nitrogens with zero attached hydrogens (tertiary/aromatic N) is 3. The van der Waals surface area contributed by atoms with Crippen LogP contribution in [0.15, 0.2) is 29.5 Å². The smallest absolute Gasteiger partial charge is 0.191 e. The molecule has 2 aliphatic rings. The zero-order valence-corrected chi connectivity index (χ0v) is 16.6. The van der Waals surface area contributed by atoms with E-state index in [0.717, 1.165) is 24.3 Å². The van der Waals surface area contributed by atoms with E-state index in [2.05, 4.69) is 25.5 Å². The molecule has 134 valence electrons. The van der Waals surface area contributed by atoms with Crippen molar-refractivity contribution < 1.29 is 4.74 Å². The first-order valence-corrected chi connectivity index (χ1v) is 8.59. The van der Waals surface area contributed by atoms with Gasteiger partial charge in [0, 0.05) is 38.4 Å². The van der Waals surface area contributed by atoms with Gasteiger partial charge in [0.05, 0.1) is 12.7 Å². The average Bonchev–Trinajstić information content (AvgIpc) is 3.44. The summed E-state index contributed by atoms with van der Waals surface area (Å²) in [4.78, 5) is 11.0. The first-order valence-electron chi connectivity index (χ1n) is 8.59. The number of pyridine rings is 1. The minimum Gasteiger partial charge on any atom is -0.490 e. The maximum Gasteiger partial charge on any atom is 0.191 e. The van der Waals surface area contributed by atoms with Crippen molar-refractivity contribution in [2.75, 3.05) is 33.3 Å². The minimum atomic E-state index is 0. The lowest BCUT2D eigenvalue weighted by Gasteiger charge is -2.33. The van der Waals surface area contributed by atoms with Crippen molar-refractivity contribution in [1.29, 1.82) is 0 Å². The van der Waals surface area contributed by atoms with Gasteiger partial charge in [-0.1, -0.05) is 0 Å². The lowest BCUT2D eigenvalue weighted by molar-refractivity contribution is 0.197. The van der Waals surface area contributed by atoms with E-state index in [1.165, 1.54) is 38.8 Å². The van der Waals surface area contributed by atoms with Gasteiger partial charge in [-0.25, -0.2) is 0 Å². The third-order valence-corrected chi connectivity index (χ3v) is 4.45. The molecule has 0 radical (unpaired) electrons. The molecule has 2 fully saturated rings. The molecule has 0 spiro atoms. The maximum atomic E-state index is 5.62. The van der Waals surface area contributed by atoms with Crippen LogP contribution in [0.4, 0.5) is 0 Å². The normalized spacial score (nSPS) is 19.5. The number of aliphatic imine (C=N–C) groups is 1. The van der Waals surface area contributed by atoms with E-state index in [1.54, 1.807) is 12.4 Å². The molecule has 0 aromatic carbocycles. The van der Waals surface area contributed by atoms with E-state index in [-0.39, 0.29) is 24.0 Å². The predicted molar refractivity (Wildman–Crippen MR) is 107 cm³/mol. The van der Waals surface area contributed by atoms with Crippen LogP contribution >= 0.6 is 24.0 Å². The molecule has 7 heteroatoms. The molecule has 1 aromatic rings. The van der Waals surface area contributed by atoms with Gasteiger partial charge in [-0.2, -0.15) is 0 Å². The molecular weight excluding hydrogens is 417 g/mol. The Morgan fingerprint density at radius 3 is 2.75 bits per heavy atom. The van der Waals surface area contributed by atoms with Crippen molar-refractivity contribution in [3.63, 3.8) is 0 Å². The molecule has 1 aromatic heterocycles. The van der Waals surface area contributed by atoms with Gasteiger partial charge in [0.1, 0.15) is 12.4 Å². The lowest BCUT2D eigenvalue weighted by Crippen LogP contribution is -2.49. The number of ether oxygens (including phenoxy) is 1. The molecule has 2 N–H and O–H groups in total. The topological polar surface area (TPSA) is 61.8 Å². The Hall–Kier alpha value is -1.09. The average molecular weight is 445 g/mol. The molecule has 0 atom stereocenters. The summed E-state index contributed by atoms with van der Waals surface area (Å²) in [6.45, 7) is 3.73. The fourth-order valence-corrected chi connectivity index (χ4v) is 3.01. The number of nitrogens with one attached hydrogen (secondary N) is 2. The highest BCUT2D eigenvalue weighted by atomic mass is 127. The fraction of sp³-hybridized carbons (Fsp3) is 0.647. The Labute approximate surface area is 161 Å². The quantitative estimate of drug-likeness (QED) is 0.303. The Kier molecular flexibility index (Phi) is 8.04. The van der Waals surface area contributed by atoms with Crippen molar-refractivity contribution in [3.8, 4) is 5.75 Å². The standard InChI is InChI=1S/C17H27N5O.HI/c1-18-17(20-9-12-23-16-3-2-8-19-13-16)21-14-6-10-22(11-7-14)15-4-5-15;/h2-3,8,13-15H,4-7,9-12H2,1H3,(H2,18,20,21);1H. The van der Waals surface area contributed by atoms with Crippen LogP contribution in [0.25, 0.3) is 0 Å². The molecule has 1 aliphatic carbocycles. The molecule has 6 nitrogen and oxygen atoms in total. The number of aromatic nitrogens is 1. The van der Waals surface area contributed by atoms with Crippen LogP contribution in [0, 0.1) is 0 Å². The number of rotatable bonds is 6. The molecule has 0 bridgehead atoms. The highest BCUT2D eigenvalue weighted by Crippen LogP contribution is 2.29. The number of hydrogen-bond acceptors (Lipinski definition) is 4.